The second-order valence-corrected chi connectivity index (χ2v) is 13.9. The fourth-order valence-corrected chi connectivity index (χ4v) is 8.81. The molecule has 0 bridgehead atoms. The van der Waals surface area contributed by atoms with Crippen molar-refractivity contribution in [3.05, 3.63) is 174 Å². The lowest BCUT2D eigenvalue weighted by Crippen LogP contribution is -2.16. The minimum atomic E-state index is -0.261. The van der Waals surface area contributed by atoms with Gasteiger partial charge in [0.2, 0.25) is 5.69 Å². The van der Waals surface area contributed by atoms with E-state index in [1.807, 2.05) is 24.3 Å². The maximum atomic E-state index is 10.3. The quantitative estimate of drug-likeness (QED) is 0.175. The molecule has 51 heavy (non-hydrogen) atoms. The number of nitrogens with zero attached hydrogens (tertiary/aromatic N) is 4. The van der Waals surface area contributed by atoms with Crippen LogP contribution in [-0.4, -0.2) is 9.13 Å². The van der Waals surface area contributed by atoms with Crippen molar-refractivity contribution in [1.82, 2.24) is 9.13 Å². The molecule has 0 spiro atoms. The predicted molar refractivity (Wildman–Crippen MR) is 209 cm³/mol. The maximum absolute atomic E-state index is 10.3. The number of nitriles is 1. The molecule has 9 aromatic rings. The van der Waals surface area contributed by atoms with Gasteiger partial charge in [-0.2, -0.15) is 5.26 Å². The van der Waals surface area contributed by atoms with Crippen molar-refractivity contribution < 1.29 is 0 Å². The summed E-state index contributed by atoms with van der Waals surface area (Å²) < 4.78 is 4.63. The van der Waals surface area contributed by atoms with Crippen LogP contribution in [-0.2, 0) is 5.41 Å². The van der Waals surface area contributed by atoms with Crippen LogP contribution in [0.4, 0.5) is 5.69 Å². The summed E-state index contributed by atoms with van der Waals surface area (Å²) in [4.78, 5) is 4.11. The van der Waals surface area contributed by atoms with Gasteiger partial charge in [-0.05, 0) is 58.1 Å². The summed E-state index contributed by atoms with van der Waals surface area (Å²) in [5, 5.41) is 14.9. The van der Waals surface area contributed by atoms with Crippen LogP contribution in [0.5, 0.6) is 0 Å². The molecule has 10 rings (SSSR count). The van der Waals surface area contributed by atoms with Crippen molar-refractivity contribution >= 4 is 49.3 Å². The molecular weight excluding hydrogens is 621 g/mol. The molecule has 0 amide bonds. The van der Waals surface area contributed by atoms with E-state index in [1.54, 1.807) is 0 Å². The minimum Gasteiger partial charge on any atom is -0.318 e. The van der Waals surface area contributed by atoms with Crippen LogP contribution in [0.25, 0.3) is 82.1 Å². The Morgan fingerprint density at radius 1 is 0.569 bits per heavy atom. The number of hydrogen-bond donors (Lipinski definition) is 0. The highest BCUT2D eigenvalue weighted by Gasteiger charge is 2.38. The van der Waals surface area contributed by atoms with Gasteiger partial charge in [0.05, 0.1) is 51.6 Å². The number of hydrogen-bond acceptors (Lipinski definition) is 1. The van der Waals surface area contributed by atoms with Gasteiger partial charge < -0.3 is 9.13 Å². The van der Waals surface area contributed by atoms with Gasteiger partial charge in [-0.1, -0.05) is 129 Å². The van der Waals surface area contributed by atoms with Crippen LogP contribution in [0.1, 0.15) is 30.5 Å². The molecule has 238 valence electrons. The summed E-state index contributed by atoms with van der Waals surface area (Å²) in [6, 6.07) is 53.1. The summed E-state index contributed by atoms with van der Waals surface area (Å²) in [5.41, 5.74) is 13.9. The van der Waals surface area contributed by atoms with Crippen molar-refractivity contribution in [2.24, 2.45) is 0 Å². The Morgan fingerprint density at radius 2 is 1.16 bits per heavy atom. The van der Waals surface area contributed by atoms with Gasteiger partial charge in [0.25, 0.3) is 0 Å². The van der Waals surface area contributed by atoms with Crippen LogP contribution in [0.2, 0.25) is 0 Å². The molecule has 0 saturated carbocycles. The number of rotatable bonds is 3. The van der Waals surface area contributed by atoms with E-state index in [9.17, 15) is 5.26 Å². The molecule has 7 aromatic carbocycles. The molecule has 0 fully saturated rings. The van der Waals surface area contributed by atoms with E-state index in [-0.39, 0.29) is 5.41 Å². The smallest absolute Gasteiger partial charge is 0.211 e. The first-order chi connectivity index (χ1) is 25.0. The molecule has 4 nitrogen and oxygen atoms in total. The Hall–Kier alpha value is -6.88. The Kier molecular flexibility index (Phi) is 6.02. The highest BCUT2D eigenvalue weighted by atomic mass is 15.0. The highest BCUT2D eigenvalue weighted by molar-refractivity contribution is 6.14. The fourth-order valence-electron chi connectivity index (χ4n) is 8.81. The van der Waals surface area contributed by atoms with Crippen molar-refractivity contribution in [3.63, 3.8) is 0 Å². The molecule has 1 aliphatic rings. The SMILES string of the molecule is [C-]#[N+]c1cccc(-c2ccc(C#N)cc2-n2c3ccccc3c3ccc4c(c32)C(C)(C)c2ccccc2-4)c1-n1c2ccccc2c2ccccc21. The van der Waals surface area contributed by atoms with E-state index < -0.39 is 0 Å². The van der Waals surface area contributed by atoms with Gasteiger partial charge in [-0.3, -0.25) is 0 Å². The summed E-state index contributed by atoms with van der Waals surface area (Å²) in [7, 11) is 0. The van der Waals surface area contributed by atoms with Gasteiger partial charge in [0.15, 0.2) is 0 Å². The van der Waals surface area contributed by atoms with Crippen molar-refractivity contribution in [1.29, 1.82) is 5.26 Å². The number of aromatic nitrogens is 2. The lowest BCUT2D eigenvalue weighted by molar-refractivity contribution is 0.664. The third kappa shape index (κ3) is 3.88. The first-order valence-electron chi connectivity index (χ1n) is 17.2. The summed E-state index contributed by atoms with van der Waals surface area (Å²) in [6.07, 6.45) is 0. The Labute approximate surface area is 295 Å². The van der Waals surface area contributed by atoms with Gasteiger partial charge in [-0.25, -0.2) is 4.85 Å². The van der Waals surface area contributed by atoms with Crippen LogP contribution in [0.15, 0.2) is 146 Å². The molecule has 0 unspecified atom stereocenters. The molecule has 0 N–H and O–H groups in total. The van der Waals surface area contributed by atoms with Gasteiger partial charge in [0, 0.05) is 32.5 Å². The van der Waals surface area contributed by atoms with Crippen LogP contribution < -0.4 is 0 Å². The molecular formula is C47H30N4. The molecule has 1 aliphatic carbocycles. The van der Waals surface area contributed by atoms with Crippen molar-refractivity contribution in [2.75, 3.05) is 0 Å². The summed E-state index contributed by atoms with van der Waals surface area (Å²) in [5.74, 6) is 0. The third-order valence-electron chi connectivity index (χ3n) is 10.9. The van der Waals surface area contributed by atoms with E-state index in [1.165, 1.54) is 27.6 Å². The van der Waals surface area contributed by atoms with E-state index >= 15 is 0 Å². The normalized spacial score (nSPS) is 13.0. The zero-order valence-corrected chi connectivity index (χ0v) is 28.1. The van der Waals surface area contributed by atoms with Crippen LogP contribution in [0.3, 0.4) is 0 Å². The number of fused-ring (bicyclic) bond motifs is 10. The molecule has 2 heterocycles. The zero-order valence-electron chi connectivity index (χ0n) is 28.1. The highest BCUT2D eigenvalue weighted by Crippen LogP contribution is 2.53. The first-order valence-corrected chi connectivity index (χ1v) is 17.2. The topological polar surface area (TPSA) is 38.0 Å². The second kappa shape index (κ2) is 10.6. The lowest BCUT2D eigenvalue weighted by atomic mass is 9.81. The summed E-state index contributed by atoms with van der Waals surface area (Å²) in [6.45, 7) is 13.0. The van der Waals surface area contributed by atoms with E-state index in [2.05, 4.69) is 155 Å². The van der Waals surface area contributed by atoms with Gasteiger partial charge in [-0.15, -0.1) is 0 Å². The predicted octanol–water partition coefficient (Wildman–Crippen LogP) is 12.3. The third-order valence-corrected chi connectivity index (χ3v) is 10.9. The van der Waals surface area contributed by atoms with Crippen molar-refractivity contribution in [2.45, 2.75) is 19.3 Å². The standard InChI is InChI=1S/C47H30N4/c1-47(2)38-18-8-4-13-30(38)35-25-26-37-33-16-7-11-22-42(33)51(46(37)44(35)47)43-27-29(28-48)23-24-34(43)36-17-12-19-39(49-3)45(36)50-40-20-9-5-14-31(40)32-15-6-10-21-41(32)50/h4-27H,1-2H3. The molecule has 0 saturated heterocycles. The largest absolute Gasteiger partial charge is 0.318 e. The molecule has 0 atom stereocenters. The van der Waals surface area contributed by atoms with Crippen molar-refractivity contribution in [3.8, 4) is 39.7 Å². The lowest BCUT2D eigenvalue weighted by Gasteiger charge is -2.25. The van der Waals surface area contributed by atoms with E-state index in [0.29, 0.717) is 11.3 Å². The Morgan fingerprint density at radius 3 is 1.84 bits per heavy atom. The summed E-state index contributed by atoms with van der Waals surface area (Å²) >= 11 is 0. The Bertz CT molecular complexity index is 2980. The van der Waals surface area contributed by atoms with Crippen LogP contribution >= 0.6 is 0 Å². The minimum absolute atomic E-state index is 0.261. The number of benzene rings is 7. The number of para-hydroxylation sites is 4. The van der Waals surface area contributed by atoms with E-state index in [0.717, 1.165) is 60.7 Å². The molecule has 0 radical (unpaired) electrons. The van der Waals surface area contributed by atoms with Crippen LogP contribution in [0, 0.1) is 17.9 Å². The first kappa shape index (κ1) is 29.1. The van der Waals surface area contributed by atoms with E-state index in [4.69, 9.17) is 6.57 Å². The average Bonchev–Trinajstić information content (AvgIpc) is 3.77. The maximum Gasteiger partial charge on any atom is 0.211 e. The Balaban J connectivity index is 1.37. The molecule has 0 aliphatic heterocycles. The van der Waals surface area contributed by atoms with Gasteiger partial charge >= 0.3 is 0 Å². The monoisotopic (exact) mass is 650 g/mol. The second-order valence-electron chi connectivity index (χ2n) is 13.9. The average molecular weight is 651 g/mol. The van der Waals surface area contributed by atoms with Gasteiger partial charge in [0.1, 0.15) is 0 Å². The molecule has 2 aromatic heterocycles. The zero-order chi connectivity index (χ0) is 34.4. The fraction of sp³-hybridized carbons (Fsp3) is 0.0638. The molecule has 4 heteroatoms.